The van der Waals surface area contributed by atoms with E-state index in [1.165, 1.54) is 6.07 Å². The van der Waals surface area contributed by atoms with Crippen LogP contribution in [0.1, 0.15) is 32.4 Å². The molecule has 0 bridgehead atoms. The second kappa shape index (κ2) is 9.13. The molecule has 1 N–H and O–H groups in total. The molecule has 120 valence electrons. The minimum atomic E-state index is -0.150. The van der Waals surface area contributed by atoms with E-state index in [1.54, 1.807) is 13.2 Å². The Bertz CT molecular complexity index is 412. The molecule has 0 aliphatic carbocycles. The third kappa shape index (κ3) is 5.73. The number of benzene rings is 1. The number of halogens is 1. The third-order valence-corrected chi connectivity index (χ3v) is 3.83. The first kappa shape index (κ1) is 18.1. The highest BCUT2D eigenvalue weighted by Gasteiger charge is 2.22. The zero-order chi connectivity index (χ0) is 15.8. The zero-order valence-electron chi connectivity index (χ0n) is 13.9. The first-order chi connectivity index (χ1) is 9.97. The Morgan fingerprint density at radius 3 is 2.43 bits per heavy atom. The number of rotatable bonds is 9. The average Bonchev–Trinajstić information content (AvgIpc) is 2.45. The Hall–Kier alpha value is -0.970. The van der Waals surface area contributed by atoms with Crippen LogP contribution in [-0.4, -0.2) is 44.8 Å². The lowest BCUT2D eigenvalue weighted by Gasteiger charge is -2.33. The average molecular weight is 296 g/mol. The van der Waals surface area contributed by atoms with Gasteiger partial charge < -0.3 is 10.1 Å². The Labute approximate surface area is 128 Å². The largest absolute Gasteiger partial charge is 0.383 e. The number of hydrogen-bond acceptors (Lipinski definition) is 3. The van der Waals surface area contributed by atoms with Crippen LogP contribution < -0.4 is 5.32 Å². The highest BCUT2D eigenvalue weighted by Crippen LogP contribution is 2.23. The normalized spacial score (nSPS) is 14.7. The molecule has 4 heteroatoms. The van der Waals surface area contributed by atoms with E-state index in [0.29, 0.717) is 12.5 Å². The molecule has 0 fully saturated rings. The molecule has 0 aliphatic heterocycles. The topological polar surface area (TPSA) is 24.5 Å². The van der Waals surface area contributed by atoms with Crippen LogP contribution in [0.3, 0.4) is 0 Å². The fourth-order valence-corrected chi connectivity index (χ4v) is 2.40. The van der Waals surface area contributed by atoms with Crippen LogP contribution in [0.4, 0.5) is 4.39 Å². The predicted octanol–water partition coefficient (Wildman–Crippen LogP) is 3.08. The number of ether oxygens (including phenoxy) is 1. The van der Waals surface area contributed by atoms with Crippen molar-refractivity contribution in [2.45, 2.75) is 32.9 Å². The summed E-state index contributed by atoms with van der Waals surface area (Å²) in [4.78, 5) is 2.18. The molecule has 1 rings (SSSR count). The van der Waals surface area contributed by atoms with Crippen molar-refractivity contribution in [3.05, 3.63) is 35.6 Å². The Kier molecular flexibility index (Phi) is 7.86. The van der Waals surface area contributed by atoms with E-state index in [4.69, 9.17) is 4.74 Å². The first-order valence-corrected chi connectivity index (χ1v) is 7.63. The summed E-state index contributed by atoms with van der Waals surface area (Å²) >= 11 is 0. The van der Waals surface area contributed by atoms with Crippen molar-refractivity contribution in [1.82, 2.24) is 10.2 Å². The standard InChI is InChI=1S/C17H29FN2O/c1-13(2)10-19-11-15(12-21-5)20(4)14(3)16-8-6-7-9-17(16)18/h6-9,13-15,19H,10-12H2,1-5H3. The van der Waals surface area contributed by atoms with Gasteiger partial charge in [-0.3, -0.25) is 4.90 Å². The van der Waals surface area contributed by atoms with E-state index in [0.717, 1.165) is 18.7 Å². The van der Waals surface area contributed by atoms with Gasteiger partial charge in [0.2, 0.25) is 0 Å². The van der Waals surface area contributed by atoms with E-state index in [-0.39, 0.29) is 17.9 Å². The van der Waals surface area contributed by atoms with Crippen LogP contribution in [0.25, 0.3) is 0 Å². The van der Waals surface area contributed by atoms with Gasteiger partial charge in [-0.15, -0.1) is 0 Å². The fourth-order valence-electron chi connectivity index (χ4n) is 2.40. The Morgan fingerprint density at radius 2 is 1.86 bits per heavy atom. The van der Waals surface area contributed by atoms with Crippen LogP contribution in [0, 0.1) is 11.7 Å². The molecule has 2 atom stereocenters. The zero-order valence-corrected chi connectivity index (χ0v) is 13.9. The monoisotopic (exact) mass is 296 g/mol. The van der Waals surface area contributed by atoms with Gasteiger partial charge in [-0.05, 0) is 32.5 Å². The van der Waals surface area contributed by atoms with Crippen molar-refractivity contribution in [2.75, 3.05) is 33.9 Å². The summed E-state index contributed by atoms with van der Waals surface area (Å²) in [5, 5.41) is 3.46. The van der Waals surface area contributed by atoms with E-state index < -0.39 is 0 Å². The summed E-state index contributed by atoms with van der Waals surface area (Å²) in [6.07, 6.45) is 0. The van der Waals surface area contributed by atoms with Crippen molar-refractivity contribution >= 4 is 0 Å². The lowest BCUT2D eigenvalue weighted by Crippen LogP contribution is -2.45. The SMILES string of the molecule is COCC(CNCC(C)C)N(C)C(C)c1ccccc1F. The summed E-state index contributed by atoms with van der Waals surface area (Å²) < 4.78 is 19.3. The van der Waals surface area contributed by atoms with Gasteiger partial charge in [0.25, 0.3) is 0 Å². The van der Waals surface area contributed by atoms with Crippen molar-refractivity contribution in [3.8, 4) is 0 Å². The summed E-state index contributed by atoms with van der Waals surface area (Å²) in [6, 6.07) is 7.19. The van der Waals surface area contributed by atoms with E-state index in [1.807, 2.05) is 26.1 Å². The van der Waals surface area contributed by atoms with E-state index in [9.17, 15) is 4.39 Å². The van der Waals surface area contributed by atoms with Gasteiger partial charge in [0, 0.05) is 31.3 Å². The molecule has 0 amide bonds. The maximum Gasteiger partial charge on any atom is 0.127 e. The molecule has 1 aromatic rings. The van der Waals surface area contributed by atoms with Gasteiger partial charge in [0.05, 0.1) is 6.61 Å². The minimum absolute atomic E-state index is 0.00667. The van der Waals surface area contributed by atoms with Crippen LogP contribution in [0.5, 0.6) is 0 Å². The Morgan fingerprint density at radius 1 is 1.19 bits per heavy atom. The maximum atomic E-state index is 13.9. The molecule has 21 heavy (non-hydrogen) atoms. The smallest absolute Gasteiger partial charge is 0.127 e. The maximum absolute atomic E-state index is 13.9. The lowest BCUT2D eigenvalue weighted by molar-refractivity contribution is 0.0823. The highest BCUT2D eigenvalue weighted by atomic mass is 19.1. The predicted molar refractivity (Wildman–Crippen MR) is 85.9 cm³/mol. The number of hydrogen-bond donors (Lipinski definition) is 1. The van der Waals surface area contributed by atoms with Crippen LogP contribution in [-0.2, 0) is 4.74 Å². The molecule has 0 aromatic heterocycles. The quantitative estimate of drug-likeness (QED) is 0.758. The molecule has 1 aromatic carbocycles. The minimum Gasteiger partial charge on any atom is -0.383 e. The van der Waals surface area contributed by atoms with Crippen LogP contribution >= 0.6 is 0 Å². The van der Waals surface area contributed by atoms with Crippen molar-refractivity contribution in [3.63, 3.8) is 0 Å². The first-order valence-electron chi connectivity index (χ1n) is 7.63. The molecule has 0 radical (unpaired) electrons. The molecule has 0 heterocycles. The molecular formula is C17H29FN2O. The molecule has 0 aliphatic rings. The molecule has 0 spiro atoms. The second-order valence-electron chi connectivity index (χ2n) is 6.02. The highest BCUT2D eigenvalue weighted by molar-refractivity contribution is 5.20. The number of nitrogens with one attached hydrogen (secondary N) is 1. The Balaban J connectivity index is 2.70. The number of likely N-dealkylation sites (N-methyl/N-ethyl adjacent to an activating group) is 1. The van der Waals surface area contributed by atoms with E-state index in [2.05, 4.69) is 24.1 Å². The lowest BCUT2D eigenvalue weighted by atomic mass is 10.0. The third-order valence-electron chi connectivity index (χ3n) is 3.83. The summed E-state index contributed by atoms with van der Waals surface area (Å²) in [6.45, 7) is 8.83. The molecule has 3 nitrogen and oxygen atoms in total. The summed E-state index contributed by atoms with van der Waals surface area (Å²) in [5.74, 6) is 0.464. The van der Waals surface area contributed by atoms with Gasteiger partial charge in [-0.25, -0.2) is 4.39 Å². The van der Waals surface area contributed by atoms with Gasteiger partial charge in [0.1, 0.15) is 5.82 Å². The molecular weight excluding hydrogens is 267 g/mol. The van der Waals surface area contributed by atoms with Crippen molar-refractivity contribution < 1.29 is 9.13 Å². The summed E-state index contributed by atoms with van der Waals surface area (Å²) in [7, 11) is 3.73. The van der Waals surface area contributed by atoms with E-state index >= 15 is 0 Å². The van der Waals surface area contributed by atoms with Crippen molar-refractivity contribution in [1.29, 1.82) is 0 Å². The van der Waals surface area contributed by atoms with Gasteiger partial charge in [-0.1, -0.05) is 32.0 Å². The number of nitrogens with zero attached hydrogens (tertiary/aromatic N) is 1. The van der Waals surface area contributed by atoms with Gasteiger partial charge in [0.15, 0.2) is 0 Å². The number of methoxy groups -OCH3 is 1. The second-order valence-corrected chi connectivity index (χ2v) is 6.02. The van der Waals surface area contributed by atoms with Gasteiger partial charge in [-0.2, -0.15) is 0 Å². The molecule has 0 saturated heterocycles. The van der Waals surface area contributed by atoms with Crippen molar-refractivity contribution in [2.24, 2.45) is 5.92 Å². The molecule has 0 saturated carbocycles. The summed E-state index contributed by atoms with van der Waals surface area (Å²) in [5.41, 5.74) is 0.727. The van der Waals surface area contributed by atoms with Gasteiger partial charge >= 0.3 is 0 Å². The van der Waals surface area contributed by atoms with Crippen LogP contribution in [0.2, 0.25) is 0 Å². The van der Waals surface area contributed by atoms with Crippen LogP contribution in [0.15, 0.2) is 24.3 Å². The molecule has 2 unspecified atom stereocenters. The fraction of sp³-hybridized carbons (Fsp3) is 0.647.